The number of aliphatic hydroxyl groups is 1. The number of likely N-dealkylation sites (tertiary alicyclic amines) is 1. The highest BCUT2D eigenvalue weighted by atomic mass is 35.5. The molecule has 2 fully saturated rings. The Kier molecular flexibility index (Phi) is 7.89. The van der Waals surface area contributed by atoms with E-state index in [4.69, 9.17) is 16.3 Å². The molecule has 2 aliphatic carbocycles. The van der Waals surface area contributed by atoms with E-state index in [1.54, 1.807) is 24.3 Å². The fourth-order valence-electron chi connectivity index (χ4n) is 8.29. The number of nitrogens with zero attached hydrogens (tertiary/aromatic N) is 2. The first kappa shape index (κ1) is 30.6. The molecule has 1 spiro atoms. The number of nitrogens with one attached hydrogen (secondary N) is 1. The molecule has 0 unspecified atom stereocenters. The number of ether oxygens (including phenoxy) is 1. The van der Waals surface area contributed by atoms with Gasteiger partial charge in [-0.05, 0) is 91.8 Å². The van der Waals surface area contributed by atoms with Crippen LogP contribution in [0.5, 0.6) is 5.75 Å². The molecule has 2 amide bonds. The number of carbonyl (C=O) groups excluding carboxylic acids is 2. The number of amides is 2. The van der Waals surface area contributed by atoms with Crippen LogP contribution in [0.3, 0.4) is 0 Å². The lowest BCUT2D eigenvalue weighted by Crippen LogP contribution is -2.49. The Bertz CT molecular complexity index is 1660. The van der Waals surface area contributed by atoms with Crippen molar-refractivity contribution in [2.24, 2.45) is 17.8 Å². The van der Waals surface area contributed by atoms with Crippen molar-refractivity contribution < 1.29 is 27.9 Å². The third-order valence-electron chi connectivity index (χ3n) is 10.9. The molecule has 240 valence electrons. The molecule has 0 radical (unpaired) electrons. The molecular weight excluding hydrogens is 614 g/mol. The standard InChI is InChI=1S/C34H40ClN3O6S/c1-21(39)37-17-25-4-2-6-30(40)27-10-7-24(27)16-38-19-34(13-3-5-22-14-26(35)9-11-28(22)34)20-44-31-12-8-23(15-29(31)38)33(41)36-45(42,43)32(25)18-37/h2,6,8-9,11-12,14-15,24-25,27,30,32,40H,3-5,7,10,13,16-20H2,1H3,(H,36,41)/b6-2+/t24-,25-,27+,30-,32-,34-/m0/s1. The lowest BCUT2D eigenvalue weighted by Gasteiger charge is -2.45. The lowest BCUT2D eigenvalue weighted by atomic mass is 9.68. The molecule has 45 heavy (non-hydrogen) atoms. The van der Waals surface area contributed by atoms with Crippen molar-refractivity contribution in [2.75, 3.05) is 37.7 Å². The average molecular weight is 654 g/mol. The number of sulfonamides is 1. The van der Waals surface area contributed by atoms with Crippen molar-refractivity contribution in [3.63, 3.8) is 0 Å². The lowest BCUT2D eigenvalue weighted by molar-refractivity contribution is -0.127. The second-order valence-electron chi connectivity index (χ2n) is 13.6. The van der Waals surface area contributed by atoms with Crippen LogP contribution in [0.1, 0.15) is 60.5 Å². The summed E-state index contributed by atoms with van der Waals surface area (Å²) in [5, 5.41) is 11.0. The van der Waals surface area contributed by atoms with Gasteiger partial charge in [-0.25, -0.2) is 13.1 Å². The van der Waals surface area contributed by atoms with Crippen LogP contribution >= 0.6 is 11.6 Å². The summed E-state index contributed by atoms with van der Waals surface area (Å²) in [4.78, 5) is 29.6. The second kappa shape index (κ2) is 11.6. The van der Waals surface area contributed by atoms with Gasteiger partial charge in [-0.3, -0.25) is 9.59 Å². The van der Waals surface area contributed by atoms with Gasteiger partial charge in [0.15, 0.2) is 0 Å². The first-order chi connectivity index (χ1) is 21.5. The Balaban J connectivity index is 1.28. The third kappa shape index (κ3) is 5.63. The summed E-state index contributed by atoms with van der Waals surface area (Å²) in [5.74, 6) is -0.346. The number of anilines is 1. The van der Waals surface area contributed by atoms with Crippen LogP contribution in [-0.4, -0.2) is 74.4 Å². The molecule has 6 atom stereocenters. The maximum absolute atomic E-state index is 13.6. The zero-order valence-electron chi connectivity index (χ0n) is 25.5. The Morgan fingerprint density at radius 3 is 2.73 bits per heavy atom. The molecule has 3 aliphatic heterocycles. The monoisotopic (exact) mass is 653 g/mol. The van der Waals surface area contributed by atoms with Crippen molar-refractivity contribution in [1.29, 1.82) is 0 Å². The first-order valence-corrected chi connectivity index (χ1v) is 17.9. The van der Waals surface area contributed by atoms with Gasteiger partial charge in [0.2, 0.25) is 15.9 Å². The SMILES string of the molecule is CC(=O)N1C[C@@H]2C/C=C/[C@H](O)[C@@H]3CC[C@H]3CN3C[C@@]4(CCCc5cc(Cl)ccc54)COc4ccc(cc43)C(=O)NS(=O)(=O)[C@H]2C1. The van der Waals surface area contributed by atoms with Gasteiger partial charge in [0.1, 0.15) is 11.0 Å². The molecule has 9 nitrogen and oxygen atoms in total. The molecule has 5 aliphatic rings. The van der Waals surface area contributed by atoms with Crippen molar-refractivity contribution in [3.8, 4) is 5.75 Å². The van der Waals surface area contributed by atoms with Crippen molar-refractivity contribution >= 4 is 39.1 Å². The molecule has 1 saturated heterocycles. The van der Waals surface area contributed by atoms with E-state index in [0.29, 0.717) is 31.9 Å². The van der Waals surface area contributed by atoms with E-state index in [1.807, 2.05) is 12.1 Å². The Hall–Kier alpha value is -3.08. The molecule has 3 heterocycles. The smallest absolute Gasteiger partial charge is 0.264 e. The summed E-state index contributed by atoms with van der Waals surface area (Å²) in [5.41, 5.74) is 3.16. The molecule has 1 saturated carbocycles. The zero-order chi connectivity index (χ0) is 31.5. The van der Waals surface area contributed by atoms with E-state index >= 15 is 0 Å². The molecule has 0 aromatic heterocycles. The van der Waals surface area contributed by atoms with Crippen LogP contribution in [0.15, 0.2) is 48.6 Å². The van der Waals surface area contributed by atoms with Gasteiger partial charge in [-0.15, -0.1) is 0 Å². The van der Waals surface area contributed by atoms with Crippen LogP contribution < -0.4 is 14.4 Å². The van der Waals surface area contributed by atoms with E-state index < -0.39 is 33.2 Å². The highest BCUT2D eigenvalue weighted by molar-refractivity contribution is 7.90. The number of halogens is 1. The third-order valence-corrected chi connectivity index (χ3v) is 12.9. The van der Waals surface area contributed by atoms with Crippen molar-refractivity contribution in [1.82, 2.24) is 9.62 Å². The largest absolute Gasteiger partial charge is 0.490 e. The van der Waals surface area contributed by atoms with E-state index in [0.717, 1.165) is 42.8 Å². The highest BCUT2D eigenvalue weighted by Crippen LogP contribution is 2.47. The van der Waals surface area contributed by atoms with Crippen LogP contribution in [0.4, 0.5) is 5.69 Å². The van der Waals surface area contributed by atoms with Crippen LogP contribution in [0, 0.1) is 17.8 Å². The van der Waals surface area contributed by atoms with E-state index in [-0.39, 0.29) is 41.8 Å². The average Bonchev–Trinajstić information content (AvgIpc) is 3.36. The van der Waals surface area contributed by atoms with E-state index in [2.05, 4.69) is 21.8 Å². The summed E-state index contributed by atoms with van der Waals surface area (Å²) in [6.45, 7) is 3.54. The predicted molar refractivity (Wildman–Crippen MR) is 172 cm³/mol. The fourth-order valence-corrected chi connectivity index (χ4v) is 10.1. The number of aryl methyl sites for hydroxylation is 1. The molecule has 2 aromatic carbocycles. The molecular formula is C34H40ClN3O6S. The minimum Gasteiger partial charge on any atom is -0.490 e. The normalized spacial score (nSPS) is 33.0. The topological polar surface area (TPSA) is 116 Å². The minimum atomic E-state index is -4.12. The Morgan fingerprint density at radius 2 is 1.96 bits per heavy atom. The van der Waals surface area contributed by atoms with Crippen LogP contribution in [-0.2, 0) is 26.7 Å². The van der Waals surface area contributed by atoms with Gasteiger partial charge < -0.3 is 19.6 Å². The number of aliphatic hydroxyl groups excluding tert-OH is 1. The number of allylic oxidation sites excluding steroid dienone is 1. The molecule has 2 N–H and O–H groups in total. The van der Waals surface area contributed by atoms with E-state index in [1.165, 1.54) is 23.0 Å². The summed E-state index contributed by atoms with van der Waals surface area (Å²) in [6.07, 6.45) is 8.16. The summed E-state index contributed by atoms with van der Waals surface area (Å²) in [7, 11) is -4.12. The highest BCUT2D eigenvalue weighted by Gasteiger charge is 2.45. The van der Waals surface area contributed by atoms with Gasteiger partial charge in [0.25, 0.3) is 5.91 Å². The Morgan fingerprint density at radius 1 is 1.11 bits per heavy atom. The predicted octanol–water partition coefficient (Wildman–Crippen LogP) is 4.07. The Labute approximate surface area is 269 Å². The van der Waals surface area contributed by atoms with Gasteiger partial charge in [0, 0.05) is 55.0 Å². The second-order valence-corrected chi connectivity index (χ2v) is 16.0. The number of carbonyl (C=O) groups is 2. The number of hydrogen-bond donors (Lipinski definition) is 2. The van der Waals surface area contributed by atoms with Gasteiger partial charge in [0.05, 0.1) is 18.4 Å². The molecule has 11 heteroatoms. The van der Waals surface area contributed by atoms with Gasteiger partial charge in [-0.1, -0.05) is 29.8 Å². The number of fused-ring (bicyclic) bond motifs is 5. The van der Waals surface area contributed by atoms with Crippen molar-refractivity contribution in [3.05, 3.63) is 70.3 Å². The zero-order valence-corrected chi connectivity index (χ0v) is 27.0. The number of rotatable bonds is 0. The van der Waals surface area contributed by atoms with Gasteiger partial charge in [-0.2, -0.15) is 0 Å². The molecule has 2 bridgehead atoms. The summed E-state index contributed by atoms with van der Waals surface area (Å²) in [6, 6.07) is 11.3. The quantitative estimate of drug-likeness (QED) is 0.412. The van der Waals surface area contributed by atoms with E-state index in [9.17, 15) is 23.1 Å². The van der Waals surface area contributed by atoms with Crippen LogP contribution in [0.2, 0.25) is 5.02 Å². The van der Waals surface area contributed by atoms with Crippen molar-refractivity contribution in [2.45, 2.75) is 62.2 Å². The number of hydrogen-bond acceptors (Lipinski definition) is 7. The molecule has 7 rings (SSSR count). The summed E-state index contributed by atoms with van der Waals surface area (Å²) >= 11 is 6.39. The summed E-state index contributed by atoms with van der Waals surface area (Å²) < 4.78 is 36.1. The maximum Gasteiger partial charge on any atom is 0.264 e. The molecule has 2 aromatic rings. The van der Waals surface area contributed by atoms with Crippen LogP contribution in [0.25, 0.3) is 0 Å². The van der Waals surface area contributed by atoms with Gasteiger partial charge >= 0.3 is 0 Å². The first-order valence-electron chi connectivity index (χ1n) is 16.0. The number of benzene rings is 2. The minimum absolute atomic E-state index is 0.0181. The fraction of sp³-hybridized carbons (Fsp3) is 0.529. The maximum atomic E-state index is 13.6.